The molecule has 0 spiro atoms. The molecule has 0 aliphatic heterocycles. The van der Waals surface area contributed by atoms with Crippen molar-refractivity contribution in [1.82, 2.24) is 5.32 Å². The minimum atomic E-state index is -0.746. The molecule has 3 nitrogen and oxygen atoms in total. The smallest absolute Gasteiger partial charge is 0.320 e. The highest BCUT2D eigenvalue weighted by Crippen LogP contribution is 2.08. The van der Waals surface area contributed by atoms with Gasteiger partial charge in [0.1, 0.15) is 6.04 Å². The van der Waals surface area contributed by atoms with Crippen molar-refractivity contribution in [2.45, 2.75) is 39.2 Å². The number of carboxylic acids is 1. The normalized spacial score (nSPS) is 14.1. The SMILES string of the molecule is CC[C@H](C)[C@H](NCCCc1ccccc1)C(=O)O. The maximum absolute atomic E-state index is 11.1. The summed E-state index contributed by atoms with van der Waals surface area (Å²) in [5, 5.41) is 12.3. The highest BCUT2D eigenvalue weighted by molar-refractivity contribution is 5.73. The summed E-state index contributed by atoms with van der Waals surface area (Å²) in [4.78, 5) is 11.1. The average Bonchev–Trinajstić information content (AvgIpc) is 2.38. The van der Waals surface area contributed by atoms with Crippen LogP contribution in [0.3, 0.4) is 0 Å². The molecule has 0 fully saturated rings. The lowest BCUT2D eigenvalue weighted by Gasteiger charge is -2.20. The minimum absolute atomic E-state index is 0.166. The van der Waals surface area contributed by atoms with Crippen molar-refractivity contribution >= 4 is 5.97 Å². The summed E-state index contributed by atoms with van der Waals surface area (Å²) in [6.07, 6.45) is 2.83. The van der Waals surface area contributed by atoms with Gasteiger partial charge >= 0.3 is 5.97 Å². The number of hydrogen-bond acceptors (Lipinski definition) is 2. The Kier molecular flexibility index (Phi) is 6.44. The van der Waals surface area contributed by atoms with Crippen molar-refractivity contribution < 1.29 is 9.90 Å². The number of hydrogen-bond donors (Lipinski definition) is 2. The quantitative estimate of drug-likeness (QED) is 0.696. The van der Waals surface area contributed by atoms with Crippen LogP contribution in [-0.4, -0.2) is 23.7 Å². The van der Waals surface area contributed by atoms with Crippen LogP contribution in [0.5, 0.6) is 0 Å². The van der Waals surface area contributed by atoms with Gasteiger partial charge in [-0.1, -0.05) is 50.6 Å². The first-order valence-electron chi connectivity index (χ1n) is 6.65. The average molecular weight is 249 g/mol. The Labute approximate surface area is 109 Å². The van der Waals surface area contributed by atoms with Crippen molar-refractivity contribution in [3.05, 3.63) is 35.9 Å². The summed E-state index contributed by atoms with van der Waals surface area (Å²) in [6, 6.07) is 9.84. The van der Waals surface area contributed by atoms with E-state index in [2.05, 4.69) is 17.4 Å². The van der Waals surface area contributed by atoms with Gasteiger partial charge in [0.05, 0.1) is 0 Å². The van der Waals surface area contributed by atoms with Crippen molar-refractivity contribution in [3.8, 4) is 0 Å². The third-order valence-electron chi connectivity index (χ3n) is 3.33. The van der Waals surface area contributed by atoms with E-state index in [0.29, 0.717) is 0 Å². The van der Waals surface area contributed by atoms with Gasteiger partial charge in [0.2, 0.25) is 0 Å². The van der Waals surface area contributed by atoms with Gasteiger partial charge in [0.15, 0.2) is 0 Å². The predicted molar refractivity (Wildman–Crippen MR) is 73.6 cm³/mol. The Morgan fingerprint density at radius 3 is 2.56 bits per heavy atom. The summed E-state index contributed by atoms with van der Waals surface area (Å²) >= 11 is 0. The molecule has 1 rings (SSSR count). The van der Waals surface area contributed by atoms with E-state index < -0.39 is 12.0 Å². The molecule has 0 unspecified atom stereocenters. The number of nitrogens with one attached hydrogen (secondary N) is 1. The lowest BCUT2D eigenvalue weighted by Crippen LogP contribution is -2.42. The molecule has 0 bridgehead atoms. The maximum atomic E-state index is 11.1. The third kappa shape index (κ3) is 4.88. The van der Waals surface area contributed by atoms with E-state index in [1.807, 2.05) is 32.0 Å². The van der Waals surface area contributed by atoms with E-state index in [9.17, 15) is 4.79 Å². The first kappa shape index (κ1) is 14.7. The molecule has 0 radical (unpaired) electrons. The molecule has 18 heavy (non-hydrogen) atoms. The van der Waals surface area contributed by atoms with Crippen LogP contribution in [0.2, 0.25) is 0 Å². The molecule has 0 saturated carbocycles. The molecule has 100 valence electrons. The van der Waals surface area contributed by atoms with Gasteiger partial charge in [-0.25, -0.2) is 0 Å². The molecule has 3 heteroatoms. The lowest BCUT2D eigenvalue weighted by molar-refractivity contribution is -0.140. The monoisotopic (exact) mass is 249 g/mol. The van der Waals surface area contributed by atoms with E-state index in [1.54, 1.807) is 0 Å². The van der Waals surface area contributed by atoms with Gasteiger partial charge in [0.25, 0.3) is 0 Å². The van der Waals surface area contributed by atoms with Crippen LogP contribution in [-0.2, 0) is 11.2 Å². The Morgan fingerprint density at radius 1 is 1.33 bits per heavy atom. The standard InChI is InChI=1S/C15H23NO2/c1-3-12(2)14(15(17)18)16-11-7-10-13-8-5-4-6-9-13/h4-6,8-9,12,14,16H,3,7,10-11H2,1-2H3,(H,17,18)/t12-,14-/m0/s1. The predicted octanol–water partition coefficient (Wildman–Crippen LogP) is 2.71. The van der Waals surface area contributed by atoms with Crippen molar-refractivity contribution in [3.63, 3.8) is 0 Å². The molecule has 0 saturated heterocycles. The summed E-state index contributed by atoms with van der Waals surface area (Å²) in [7, 11) is 0. The molecule has 1 aromatic carbocycles. The van der Waals surface area contributed by atoms with E-state index in [4.69, 9.17) is 5.11 Å². The molecule has 0 aliphatic carbocycles. The minimum Gasteiger partial charge on any atom is -0.480 e. The van der Waals surface area contributed by atoms with Gasteiger partial charge in [-0.05, 0) is 30.9 Å². The van der Waals surface area contributed by atoms with E-state index >= 15 is 0 Å². The number of aliphatic carboxylic acids is 1. The highest BCUT2D eigenvalue weighted by Gasteiger charge is 2.22. The summed E-state index contributed by atoms with van der Waals surface area (Å²) < 4.78 is 0. The van der Waals surface area contributed by atoms with E-state index in [0.717, 1.165) is 25.8 Å². The van der Waals surface area contributed by atoms with Crippen LogP contribution in [0.1, 0.15) is 32.3 Å². The van der Waals surface area contributed by atoms with Gasteiger partial charge in [0, 0.05) is 0 Å². The van der Waals surface area contributed by atoms with Crippen LogP contribution < -0.4 is 5.32 Å². The zero-order valence-electron chi connectivity index (χ0n) is 11.2. The molecule has 0 amide bonds. The van der Waals surface area contributed by atoms with Crippen LogP contribution in [0.15, 0.2) is 30.3 Å². The topological polar surface area (TPSA) is 49.3 Å². The van der Waals surface area contributed by atoms with Crippen molar-refractivity contribution in [2.75, 3.05) is 6.54 Å². The number of aryl methyl sites for hydroxylation is 1. The largest absolute Gasteiger partial charge is 0.480 e. The molecule has 0 aromatic heterocycles. The lowest BCUT2D eigenvalue weighted by atomic mass is 9.99. The molecule has 2 N–H and O–H groups in total. The van der Waals surface area contributed by atoms with E-state index in [1.165, 1.54) is 5.56 Å². The van der Waals surface area contributed by atoms with Gasteiger partial charge < -0.3 is 10.4 Å². The first-order valence-corrected chi connectivity index (χ1v) is 6.65. The Morgan fingerprint density at radius 2 is 2.00 bits per heavy atom. The number of carboxylic acid groups (broad SMARTS) is 1. The van der Waals surface area contributed by atoms with E-state index in [-0.39, 0.29) is 5.92 Å². The van der Waals surface area contributed by atoms with Crippen LogP contribution >= 0.6 is 0 Å². The Hall–Kier alpha value is -1.35. The fraction of sp³-hybridized carbons (Fsp3) is 0.533. The van der Waals surface area contributed by atoms with Crippen LogP contribution in [0.4, 0.5) is 0 Å². The third-order valence-corrected chi connectivity index (χ3v) is 3.33. The fourth-order valence-corrected chi connectivity index (χ4v) is 1.96. The first-order chi connectivity index (χ1) is 8.65. The maximum Gasteiger partial charge on any atom is 0.320 e. The van der Waals surface area contributed by atoms with Gasteiger partial charge in [-0.15, -0.1) is 0 Å². The second kappa shape index (κ2) is 7.88. The van der Waals surface area contributed by atoms with Gasteiger partial charge in [-0.2, -0.15) is 0 Å². The number of rotatable bonds is 8. The molecule has 0 aliphatic rings. The second-order valence-electron chi connectivity index (χ2n) is 4.74. The number of benzene rings is 1. The fourth-order valence-electron chi connectivity index (χ4n) is 1.96. The Bertz CT molecular complexity index is 351. The molecule has 0 heterocycles. The van der Waals surface area contributed by atoms with Gasteiger partial charge in [-0.3, -0.25) is 4.79 Å². The van der Waals surface area contributed by atoms with Crippen molar-refractivity contribution in [1.29, 1.82) is 0 Å². The zero-order valence-corrected chi connectivity index (χ0v) is 11.2. The summed E-state index contributed by atoms with van der Waals surface area (Å²) in [5.41, 5.74) is 1.30. The molecular weight excluding hydrogens is 226 g/mol. The van der Waals surface area contributed by atoms with Crippen molar-refractivity contribution in [2.24, 2.45) is 5.92 Å². The summed E-state index contributed by atoms with van der Waals surface area (Å²) in [5.74, 6) is -0.580. The molecule has 1 aromatic rings. The van der Waals surface area contributed by atoms with Crippen LogP contribution in [0.25, 0.3) is 0 Å². The number of carbonyl (C=O) groups is 1. The molecule has 2 atom stereocenters. The molecular formula is C15H23NO2. The van der Waals surface area contributed by atoms with Crippen LogP contribution in [0, 0.1) is 5.92 Å². The highest BCUT2D eigenvalue weighted by atomic mass is 16.4. The summed E-state index contributed by atoms with van der Waals surface area (Å²) in [6.45, 7) is 4.74. The zero-order chi connectivity index (χ0) is 13.4. The Balaban J connectivity index is 2.29. The second-order valence-corrected chi connectivity index (χ2v) is 4.74.